The van der Waals surface area contributed by atoms with Crippen molar-refractivity contribution in [2.75, 3.05) is 6.61 Å². The minimum atomic E-state index is -0.213. The molecule has 1 saturated carbocycles. The number of carbonyl (C=O) groups is 1. The summed E-state index contributed by atoms with van der Waals surface area (Å²) >= 11 is 13.9. The highest BCUT2D eigenvalue weighted by Gasteiger charge is 2.32. The molecule has 2 fully saturated rings. The molecule has 5 nitrogen and oxygen atoms in total. The van der Waals surface area contributed by atoms with Crippen LogP contribution in [0, 0.1) is 0 Å². The maximum atomic E-state index is 11.9. The Hall–Kier alpha value is -1.24. The van der Waals surface area contributed by atoms with Crippen LogP contribution in [0.25, 0.3) is 11.4 Å². The van der Waals surface area contributed by atoms with Crippen LogP contribution in [-0.4, -0.2) is 32.6 Å². The Bertz CT molecular complexity index is 821. The topological polar surface area (TPSA) is 57.0 Å². The summed E-state index contributed by atoms with van der Waals surface area (Å²) in [6, 6.07) is 5.73. The van der Waals surface area contributed by atoms with E-state index in [1.165, 1.54) is 31.0 Å². The van der Waals surface area contributed by atoms with Crippen LogP contribution in [0.5, 0.6) is 0 Å². The summed E-state index contributed by atoms with van der Waals surface area (Å²) in [6.45, 7) is 0.476. The van der Waals surface area contributed by atoms with Gasteiger partial charge in [-0.3, -0.25) is 9.36 Å². The Morgan fingerprint density at radius 2 is 1.92 bits per heavy atom. The first-order valence-electron chi connectivity index (χ1n) is 8.87. The lowest BCUT2D eigenvalue weighted by atomic mass is 9.95. The molecule has 1 aromatic carbocycles. The van der Waals surface area contributed by atoms with Crippen molar-refractivity contribution in [3.8, 4) is 11.4 Å². The summed E-state index contributed by atoms with van der Waals surface area (Å²) in [7, 11) is 0. The zero-order valence-corrected chi connectivity index (χ0v) is 16.5. The molecule has 2 aromatic rings. The maximum Gasteiger partial charge on any atom is 0.319 e. The highest BCUT2D eigenvalue weighted by atomic mass is 35.5. The molecule has 4 rings (SSSR count). The Kier molecular flexibility index (Phi) is 5.43. The molecule has 2 aliphatic rings. The third kappa shape index (κ3) is 3.59. The van der Waals surface area contributed by atoms with E-state index in [0.717, 1.165) is 29.4 Å². The van der Waals surface area contributed by atoms with Gasteiger partial charge >= 0.3 is 5.97 Å². The van der Waals surface area contributed by atoms with E-state index in [1.807, 2.05) is 12.1 Å². The first-order valence-corrected chi connectivity index (χ1v) is 10.5. The summed E-state index contributed by atoms with van der Waals surface area (Å²) in [5, 5.41) is 10.5. The molecule has 1 aliphatic heterocycles. The van der Waals surface area contributed by atoms with Crippen LogP contribution in [0.1, 0.15) is 44.6 Å². The molecular weight excluding hydrogens is 393 g/mol. The molecule has 0 spiro atoms. The molecule has 138 valence electrons. The number of aromatic nitrogens is 3. The normalized spacial score (nSPS) is 21.2. The van der Waals surface area contributed by atoms with Gasteiger partial charge in [-0.15, -0.1) is 10.2 Å². The van der Waals surface area contributed by atoms with E-state index in [4.69, 9.17) is 27.9 Å². The highest BCUT2D eigenvalue weighted by Crippen LogP contribution is 2.39. The van der Waals surface area contributed by atoms with Gasteiger partial charge in [-0.05, 0) is 31.0 Å². The summed E-state index contributed by atoms with van der Waals surface area (Å²) in [5.74, 6) is 0.576. The molecule has 0 N–H and O–H groups in total. The number of hydrogen-bond donors (Lipinski definition) is 0. The summed E-state index contributed by atoms with van der Waals surface area (Å²) in [4.78, 5) is 11.9. The van der Waals surface area contributed by atoms with Gasteiger partial charge in [0.2, 0.25) is 0 Å². The van der Waals surface area contributed by atoms with Gasteiger partial charge in [0.15, 0.2) is 11.0 Å². The summed E-state index contributed by atoms with van der Waals surface area (Å²) < 4.78 is 7.26. The molecule has 1 aromatic heterocycles. The number of hydrogen-bond acceptors (Lipinski definition) is 5. The molecule has 26 heavy (non-hydrogen) atoms. The van der Waals surface area contributed by atoms with Crippen LogP contribution in [0.4, 0.5) is 0 Å². The van der Waals surface area contributed by atoms with Crippen molar-refractivity contribution in [3.63, 3.8) is 0 Å². The fourth-order valence-corrected chi connectivity index (χ4v) is 5.15. The van der Waals surface area contributed by atoms with Gasteiger partial charge in [-0.2, -0.15) is 0 Å². The van der Waals surface area contributed by atoms with E-state index in [1.54, 1.807) is 6.07 Å². The van der Waals surface area contributed by atoms with E-state index in [2.05, 4.69) is 14.8 Å². The Labute approximate surface area is 166 Å². The standard InChI is InChI=1S/C18H19Cl2N3O2S/c19-11-6-7-13(14(20)10-11)16-21-22-18(26-15-8-9-25-17(15)24)23(16)12-4-2-1-3-5-12/h6-7,10,12,15H,1-5,8-9H2/t15-/m1/s1. The number of halogens is 2. The second-order valence-corrected chi connectivity index (χ2v) is 8.67. The predicted molar refractivity (Wildman–Crippen MR) is 103 cm³/mol. The van der Waals surface area contributed by atoms with Crippen molar-refractivity contribution in [1.29, 1.82) is 0 Å². The van der Waals surface area contributed by atoms with Crippen LogP contribution in [-0.2, 0) is 9.53 Å². The second kappa shape index (κ2) is 7.79. The molecular formula is C18H19Cl2N3O2S. The van der Waals surface area contributed by atoms with E-state index in [0.29, 0.717) is 29.1 Å². The van der Waals surface area contributed by atoms with E-state index in [9.17, 15) is 4.79 Å². The fraction of sp³-hybridized carbons (Fsp3) is 0.500. The van der Waals surface area contributed by atoms with Crippen LogP contribution in [0.2, 0.25) is 10.0 Å². The van der Waals surface area contributed by atoms with Crippen LogP contribution in [0.3, 0.4) is 0 Å². The lowest BCUT2D eigenvalue weighted by Gasteiger charge is -2.26. The monoisotopic (exact) mass is 411 g/mol. The minimum absolute atomic E-state index is 0.167. The fourth-order valence-electron chi connectivity index (χ4n) is 3.59. The molecule has 0 bridgehead atoms. The average Bonchev–Trinajstić information content (AvgIpc) is 3.23. The zero-order valence-electron chi connectivity index (χ0n) is 14.2. The summed E-state index contributed by atoms with van der Waals surface area (Å²) in [6.07, 6.45) is 6.50. The van der Waals surface area contributed by atoms with E-state index >= 15 is 0 Å². The molecule has 1 aliphatic carbocycles. The van der Waals surface area contributed by atoms with Crippen molar-refractivity contribution >= 4 is 40.9 Å². The number of benzene rings is 1. The summed E-state index contributed by atoms with van der Waals surface area (Å²) in [5.41, 5.74) is 0.815. The van der Waals surface area contributed by atoms with Gasteiger partial charge in [0.25, 0.3) is 0 Å². The minimum Gasteiger partial charge on any atom is -0.465 e. The third-order valence-electron chi connectivity index (χ3n) is 4.91. The molecule has 1 saturated heterocycles. The number of nitrogens with zero attached hydrogens (tertiary/aromatic N) is 3. The van der Waals surface area contributed by atoms with Crippen molar-refractivity contribution in [1.82, 2.24) is 14.8 Å². The lowest BCUT2D eigenvalue weighted by Crippen LogP contribution is -2.17. The molecule has 2 heterocycles. The first kappa shape index (κ1) is 18.1. The molecule has 0 radical (unpaired) electrons. The molecule has 0 amide bonds. The van der Waals surface area contributed by atoms with Gasteiger partial charge in [0.1, 0.15) is 5.25 Å². The van der Waals surface area contributed by atoms with Crippen molar-refractivity contribution in [2.45, 2.75) is 55.0 Å². The largest absolute Gasteiger partial charge is 0.465 e. The van der Waals surface area contributed by atoms with Gasteiger partial charge in [0.05, 0.1) is 11.6 Å². The van der Waals surface area contributed by atoms with E-state index < -0.39 is 0 Å². The van der Waals surface area contributed by atoms with Crippen molar-refractivity contribution in [3.05, 3.63) is 28.2 Å². The van der Waals surface area contributed by atoms with Crippen LogP contribution >= 0.6 is 35.0 Å². The van der Waals surface area contributed by atoms with E-state index in [-0.39, 0.29) is 11.2 Å². The average molecular weight is 412 g/mol. The van der Waals surface area contributed by atoms with Crippen LogP contribution < -0.4 is 0 Å². The number of cyclic esters (lactones) is 1. The number of carbonyl (C=O) groups excluding carboxylic acids is 1. The zero-order chi connectivity index (χ0) is 18.1. The Morgan fingerprint density at radius 1 is 1.12 bits per heavy atom. The SMILES string of the molecule is O=C1OCC[C@H]1Sc1nnc(-c2ccc(Cl)cc2Cl)n1C1CCCCC1. The van der Waals surface area contributed by atoms with Crippen LogP contribution in [0.15, 0.2) is 23.4 Å². The second-order valence-electron chi connectivity index (χ2n) is 6.65. The number of esters is 1. The maximum absolute atomic E-state index is 11.9. The highest BCUT2D eigenvalue weighted by molar-refractivity contribution is 8.00. The lowest BCUT2D eigenvalue weighted by molar-refractivity contribution is -0.137. The Morgan fingerprint density at radius 3 is 2.62 bits per heavy atom. The molecule has 1 atom stereocenters. The molecule has 8 heteroatoms. The van der Waals surface area contributed by atoms with Gasteiger partial charge in [0, 0.05) is 23.0 Å². The van der Waals surface area contributed by atoms with Gasteiger partial charge in [-0.25, -0.2) is 0 Å². The first-order chi connectivity index (χ1) is 12.6. The smallest absolute Gasteiger partial charge is 0.319 e. The van der Waals surface area contributed by atoms with Crippen molar-refractivity contribution < 1.29 is 9.53 Å². The Balaban J connectivity index is 1.74. The third-order valence-corrected chi connectivity index (χ3v) is 6.66. The molecule has 0 unspecified atom stereocenters. The number of thioether (sulfide) groups is 1. The number of ether oxygens (including phenoxy) is 1. The quantitative estimate of drug-likeness (QED) is 0.649. The predicted octanol–water partition coefficient (Wildman–Crippen LogP) is 5.16. The van der Waals surface area contributed by atoms with Gasteiger partial charge < -0.3 is 4.74 Å². The van der Waals surface area contributed by atoms with Gasteiger partial charge in [-0.1, -0.05) is 54.2 Å². The van der Waals surface area contributed by atoms with Crippen molar-refractivity contribution in [2.24, 2.45) is 0 Å². The number of rotatable bonds is 4.